The van der Waals surface area contributed by atoms with Gasteiger partial charge in [0, 0.05) is 13.6 Å². The van der Waals surface area contributed by atoms with Gasteiger partial charge in [0.25, 0.3) is 5.91 Å². The topological polar surface area (TPSA) is 29.1 Å². The number of carbonyl (C=O) groups is 1. The van der Waals surface area contributed by atoms with Crippen LogP contribution in [0.1, 0.15) is 29.8 Å². The highest BCUT2D eigenvalue weighted by Crippen LogP contribution is 2.24. The highest BCUT2D eigenvalue weighted by atomic mass is 127. The molecule has 2 aromatic rings. The Morgan fingerprint density at radius 1 is 1.19 bits per heavy atom. The number of hydrogen-bond acceptors (Lipinski definition) is 1. The lowest BCUT2D eigenvalue weighted by Gasteiger charge is -2.27. The van der Waals surface area contributed by atoms with Crippen LogP contribution in [0.2, 0.25) is 5.02 Å². The van der Waals surface area contributed by atoms with E-state index < -0.39 is 5.54 Å². The third kappa shape index (κ3) is 4.20. The van der Waals surface area contributed by atoms with Crippen molar-refractivity contribution in [2.45, 2.75) is 19.4 Å². The molecule has 0 bridgehead atoms. The molecule has 0 aliphatic carbocycles. The molecule has 0 aliphatic heterocycles. The summed E-state index contributed by atoms with van der Waals surface area (Å²) in [6, 6.07) is 13.2. The molecule has 5 heteroatoms. The second-order valence-electron chi connectivity index (χ2n) is 5.21. The highest BCUT2D eigenvalue weighted by Gasteiger charge is 2.23. The van der Waals surface area contributed by atoms with Gasteiger partial charge in [-0.05, 0) is 72.3 Å². The molecule has 0 radical (unpaired) electrons. The summed E-state index contributed by atoms with van der Waals surface area (Å²) in [5.41, 5.74) is 1.13. The minimum atomic E-state index is -0.465. The summed E-state index contributed by atoms with van der Waals surface area (Å²) in [5, 5.41) is 3.63. The Morgan fingerprint density at radius 2 is 1.81 bits per heavy atom. The van der Waals surface area contributed by atoms with Crippen LogP contribution in [0.3, 0.4) is 0 Å². The number of amides is 1. The van der Waals surface area contributed by atoms with Crippen LogP contribution >= 0.6 is 50.1 Å². The van der Waals surface area contributed by atoms with Crippen molar-refractivity contribution in [3.05, 3.63) is 66.7 Å². The lowest BCUT2D eigenvalue weighted by atomic mass is 9.94. The Hall–Kier alpha value is -0.590. The van der Waals surface area contributed by atoms with Crippen molar-refractivity contribution in [3.8, 4) is 0 Å². The van der Waals surface area contributed by atoms with E-state index in [9.17, 15) is 4.79 Å². The van der Waals surface area contributed by atoms with Gasteiger partial charge in [0.1, 0.15) is 0 Å². The third-order valence-electron chi connectivity index (χ3n) is 3.17. The van der Waals surface area contributed by atoms with E-state index in [0.29, 0.717) is 10.6 Å². The van der Waals surface area contributed by atoms with Crippen LogP contribution < -0.4 is 5.32 Å². The van der Waals surface area contributed by atoms with Crippen LogP contribution in [0.4, 0.5) is 0 Å². The first-order chi connectivity index (χ1) is 9.79. The van der Waals surface area contributed by atoms with Crippen molar-refractivity contribution in [1.82, 2.24) is 5.32 Å². The molecule has 21 heavy (non-hydrogen) atoms. The standard InChI is InChI=1S/C16H14BrClINO/c1-16(2,11-4-6-12(17)7-5-11)20-15(21)10-3-8-14(19)13(18)9-10/h3-9H,1-2H3,(H,20,21). The van der Waals surface area contributed by atoms with Gasteiger partial charge in [-0.1, -0.05) is 39.7 Å². The van der Waals surface area contributed by atoms with E-state index in [0.717, 1.165) is 13.6 Å². The Labute approximate surface area is 151 Å². The molecule has 0 spiro atoms. The summed E-state index contributed by atoms with van der Waals surface area (Å²) < 4.78 is 1.94. The van der Waals surface area contributed by atoms with Crippen molar-refractivity contribution >= 4 is 56.0 Å². The quantitative estimate of drug-likeness (QED) is 0.591. The minimum Gasteiger partial charge on any atom is -0.343 e. The van der Waals surface area contributed by atoms with E-state index in [1.165, 1.54) is 0 Å². The average molecular weight is 479 g/mol. The van der Waals surface area contributed by atoms with Crippen LogP contribution in [-0.4, -0.2) is 5.91 Å². The molecular weight excluding hydrogens is 464 g/mol. The lowest BCUT2D eigenvalue weighted by molar-refractivity contribution is 0.0912. The maximum atomic E-state index is 12.4. The van der Waals surface area contributed by atoms with E-state index in [4.69, 9.17) is 11.6 Å². The van der Waals surface area contributed by atoms with Gasteiger partial charge in [-0.2, -0.15) is 0 Å². The van der Waals surface area contributed by atoms with Crippen molar-refractivity contribution in [1.29, 1.82) is 0 Å². The van der Waals surface area contributed by atoms with Gasteiger partial charge < -0.3 is 5.32 Å². The molecule has 110 valence electrons. The molecular formula is C16H14BrClINO. The van der Waals surface area contributed by atoms with Gasteiger partial charge in [-0.3, -0.25) is 4.79 Å². The Morgan fingerprint density at radius 3 is 2.38 bits per heavy atom. The van der Waals surface area contributed by atoms with Gasteiger partial charge in [0.15, 0.2) is 0 Å². The summed E-state index contributed by atoms with van der Waals surface area (Å²) in [6.45, 7) is 3.95. The predicted molar refractivity (Wildman–Crippen MR) is 98.8 cm³/mol. The fraction of sp³-hybridized carbons (Fsp3) is 0.188. The normalized spacial score (nSPS) is 11.3. The zero-order valence-electron chi connectivity index (χ0n) is 11.6. The van der Waals surface area contributed by atoms with Crippen LogP contribution in [0, 0.1) is 3.57 Å². The van der Waals surface area contributed by atoms with E-state index >= 15 is 0 Å². The van der Waals surface area contributed by atoms with E-state index in [2.05, 4.69) is 43.8 Å². The number of hydrogen-bond donors (Lipinski definition) is 1. The summed E-state index contributed by atoms with van der Waals surface area (Å²) in [7, 11) is 0. The summed E-state index contributed by atoms with van der Waals surface area (Å²) >= 11 is 11.6. The Balaban J connectivity index is 2.21. The molecule has 0 fully saturated rings. The van der Waals surface area contributed by atoms with E-state index in [-0.39, 0.29) is 5.91 Å². The predicted octanol–water partition coefficient (Wildman–Crippen LogP) is 5.37. The fourth-order valence-corrected chi connectivity index (χ4v) is 2.71. The number of halogens is 3. The van der Waals surface area contributed by atoms with E-state index in [1.807, 2.05) is 44.2 Å². The van der Waals surface area contributed by atoms with E-state index in [1.54, 1.807) is 12.1 Å². The van der Waals surface area contributed by atoms with Crippen LogP contribution in [0.25, 0.3) is 0 Å². The van der Waals surface area contributed by atoms with Gasteiger partial charge in [0.2, 0.25) is 0 Å². The second-order valence-corrected chi connectivity index (χ2v) is 7.70. The van der Waals surface area contributed by atoms with Crippen LogP contribution in [0.15, 0.2) is 46.9 Å². The van der Waals surface area contributed by atoms with Crippen molar-refractivity contribution in [2.75, 3.05) is 0 Å². The minimum absolute atomic E-state index is 0.138. The molecule has 1 N–H and O–H groups in total. The van der Waals surface area contributed by atoms with Gasteiger partial charge in [-0.25, -0.2) is 0 Å². The maximum absolute atomic E-state index is 12.4. The SMILES string of the molecule is CC(C)(NC(=O)c1ccc(I)c(Cl)c1)c1ccc(Br)cc1. The molecule has 2 rings (SSSR count). The zero-order chi connectivity index (χ0) is 15.6. The molecule has 0 saturated heterocycles. The van der Waals surface area contributed by atoms with Crippen molar-refractivity contribution < 1.29 is 4.79 Å². The van der Waals surface area contributed by atoms with Gasteiger partial charge in [0.05, 0.1) is 10.6 Å². The number of carbonyl (C=O) groups excluding carboxylic acids is 1. The maximum Gasteiger partial charge on any atom is 0.252 e. The van der Waals surface area contributed by atoms with Crippen LogP contribution in [0.5, 0.6) is 0 Å². The molecule has 0 atom stereocenters. The lowest BCUT2D eigenvalue weighted by Crippen LogP contribution is -2.41. The molecule has 0 unspecified atom stereocenters. The number of nitrogens with one attached hydrogen (secondary N) is 1. The molecule has 0 aromatic heterocycles. The zero-order valence-corrected chi connectivity index (χ0v) is 16.1. The van der Waals surface area contributed by atoms with Crippen molar-refractivity contribution in [3.63, 3.8) is 0 Å². The first kappa shape index (κ1) is 16.8. The largest absolute Gasteiger partial charge is 0.343 e. The van der Waals surface area contributed by atoms with Gasteiger partial charge >= 0.3 is 0 Å². The summed E-state index contributed by atoms with van der Waals surface area (Å²) in [6.07, 6.45) is 0. The molecule has 0 aliphatic rings. The first-order valence-electron chi connectivity index (χ1n) is 6.33. The molecule has 1 amide bonds. The highest BCUT2D eigenvalue weighted by molar-refractivity contribution is 14.1. The third-order valence-corrected chi connectivity index (χ3v) is 5.27. The summed E-state index contributed by atoms with van der Waals surface area (Å²) in [4.78, 5) is 12.4. The number of rotatable bonds is 3. The second kappa shape index (κ2) is 6.67. The molecule has 0 saturated carbocycles. The molecule has 2 nitrogen and oxygen atoms in total. The first-order valence-corrected chi connectivity index (χ1v) is 8.58. The van der Waals surface area contributed by atoms with Crippen LogP contribution in [-0.2, 0) is 5.54 Å². The smallest absolute Gasteiger partial charge is 0.252 e. The monoisotopic (exact) mass is 477 g/mol. The van der Waals surface area contributed by atoms with Crippen molar-refractivity contribution in [2.24, 2.45) is 0 Å². The average Bonchev–Trinajstić information content (AvgIpc) is 2.41. The Kier molecular flexibility index (Phi) is 5.33. The Bertz CT molecular complexity index is 670. The molecule has 2 aromatic carbocycles. The molecule has 0 heterocycles. The number of benzene rings is 2. The summed E-state index contributed by atoms with van der Waals surface area (Å²) in [5.74, 6) is -0.138. The fourth-order valence-electron chi connectivity index (χ4n) is 1.93. The van der Waals surface area contributed by atoms with Gasteiger partial charge in [-0.15, -0.1) is 0 Å².